The third kappa shape index (κ3) is 7.96. The number of benzene rings is 4. The van der Waals surface area contributed by atoms with E-state index in [0.29, 0.717) is 46.2 Å². The molecule has 0 aliphatic heterocycles. The summed E-state index contributed by atoms with van der Waals surface area (Å²) in [7, 11) is 1.53. The first-order valence-electron chi connectivity index (χ1n) is 11.9. The second-order valence-corrected chi connectivity index (χ2v) is 10.1. The van der Waals surface area contributed by atoms with Crippen molar-refractivity contribution in [2.75, 3.05) is 12.4 Å². The Morgan fingerprint density at radius 2 is 1.56 bits per heavy atom. The Bertz CT molecular complexity index is 1500. The Hall–Kier alpha value is -4.06. The first-order chi connectivity index (χ1) is 18.9. The standard InChI is InChI=1S/C31H24Br2N2O4/c1-37-29-17-23(16-28(33)30(29)39-20-22-7-9-25(32)10-8-22)15-24(18-34)31(36)35-26-11-13-27(14-12-26)38-19-21-5-3-2-4-6-21/h2-17H,19-20H2,1H3,(H,35,36)/b24-15+. The predicted octanol–water partition coefficient (Wildman–Crippen LogP) is 7.92. The molecular formula is C31H24Br2N2O4. The molecule has 196 valence electrons. The summed E-state index contributed by atoms with van der Waals surface area (Å²) in [6.07, 6.45) is 1.50. The highest BCUT2D eigenvalue weighted by Crippen LogP contribution is 2.38. The summed E-state index contributed by atoms with van der Waals surface area (Å²) in [5.41, 5.74) is 3.15. The van der Waals surface area contributed by atoms with Crippen LogP contribution in [0, 0.1) is 11.3 Å². The van der Waals surface area contributed by atoms with Gasteiger partial charge in [0, 0.05) is 10.2 Å². The molecule has 0 spiro atoms. The molecule has 1 N–H and O–H groups in total. The van der Waals surface area contributed by atoms with Crippen molar-refractivity contribution in [2.24, 2.45) is 0 Å². The monoisotopic (exact) mass is 646 g/mol. The van der Waals surface area contributed by atoms with Crippen LogP contribution in [0.4, 0.5) is 5.69 Å². The van der Waals surface area contributed by atoms with Crippen molar-refractivity contribution in [3.05, 3.63) is 122 Å². The number of methoxy groups -OCH3 is 1. The number of carbonyl (C=O) groups excluding carboxylic acids is 1. The molecule has 0 saturated heterocycles. The molecule has 4 aromatic rings. The lowest BCUT2D eigenvalue weighted by Crippen LogP contribution is -2.13. The molecule has 0 radical (unpaired) electrons. The van der Waals surface area contributed by atoms with Gasteiger partial charge in [-0.2, -0.15) is 5.26 Å². The van der Waals surface area contributed by atoms with Gasteiger partial charge < -0.3 is 19.5 Å². The number of hydrogen-bond acceptors (Lipinski definition) is 5. The van der Waals surface area contributed by atoms with Crippen LogP contribution in [-0.2, 0) is 18.0 Å². The molecule has 0 unspecified atom stereocenters. The van der Waals surface area contributed by atoms with Gasteiger partial charge in [0.15, 0.2) is 11.5 Å². The van der Waals surface area contributed by atoms with Crippen molar-refractivity contribution >= 4 is 49.5 Å². The molecule has 0 fully saturated rings. The van der Waals surface area contributed by atoms with E-state index in [1.54, 1.807) is 36.4 Å². The third-order valence-electron chi connectivity index (χ3n) is 5.58. The van der Waals surface area contributed by atoms with E-state index in [2.05, 4.69) is 37.2 Å². The molecule has 6 nitrogen and oxygen atoms in total. The number of rotatable bonds is 10. The Labute approximate surface area is 244 Å². The molecule has 8 heteroatoms. The molecule has 0 atom stereocenters. The zero-order valence-corrected chi connectivity index (χ0v) is 24.2. The van der Waals surface area contributed by atoms with Gasteiger partial charge >= 0.3 is 0 Å². The lowest BCUT2D eigenvalue weighted by atomic mass is 10.1. The minimum atomic E-state index is -0.527. The summed E-state index contributed by atoms with van der Waals surface area (Å²) >= 11 is 6.95. The number of nitrogens with zero attached hydrogens (tertiary/aromatic N) is 1. The van der Waals surface area contributed by atoms with Crippen LogP contribution in [0.2, 0.25) is 0 Å². The first kappa shape index (κ1) is 28.0. The highest BCUT2D eigenvalue weighted by Gasteiger charge is 2.14. The molecule has 4 aromatic carbocycles. The van der Waals surface area contributed by atoms with Crippen LogP contribution in [0.15, 0.2) is 106 Å². The SMILES string of the molecule is COc1cc(/C=C(\C#N)C(=O)Nc2ccc(OCc3ccccc3)cc2)cc(Br)c1OCc1ccc(Br)cc1. The molecule has 1 amide bonds. The third-order valence-corrected chi connectivity index (χ3v) is 6.70. The van der Waals surface area contributed by atoms with E-state index in [-0.39, 0.29) is 5.57 Å². The zero-order chi connectivity index (χ0) is 27.6. The van der Waals surface area contributed by atoms with Crippen LogP contribution in [0.5, 0.6) is 17.2 Å². The van der Waals surface area contributed by atoms with Crippen LogP contribution in [0.3, 0.4) is 0 Å². The number of halogens is 2. The summed E-state index contributed by atoms with van der Waals surface area (Å²) in [5.74, 6) is 1.14. The average molecular weight is 648 g/mol. The van der Waals surface area contributed by atoms with Crippen LogP contribution in [0.1, 0.15) is 16.7 Å². The molecule has 0 aliphatic carbocycles. The maximum atomic E-state index is 12.8. The fraction of sp³-hybridized carbons (Fsp3) is 0.0968. The molecule has 0 aliphatic rings. The fourth-order valence-corrected chi connectivity index (χ4v) is 4.43. The lowest BCUT2D eigenvalue weighted by Gasteiger charge is -2.14. The number of nitrogens with one attached hydrogen (secondary N) is 1. The summed E-state index contributed by atoms with van der Waals surface area (Å²) in [4.78, 5) is 12.8. The molecule has 0 saturated carbocycles. The zero-order valence-electron chi connectivity index (χ0n) is 21.0. The van der Waals surface area contributed by atoms with Gasteiger partial charge in [-0.15, -0.1) is 0 Å². The molecule has 0 heterocycles. The second kappa shape index (κ2) is 13.7. The Kier molecular flexibility index (Phi) is 9.79. The van der Waals surface area contributed by atoms with Gasteiger partial charge in [0.05, 0.1) is 11.6 Å². The van der Waals surface area contributed by atoms with E-state index >= 15 is 0 Å². The first-order valence-corrected chi connectivity index (χ1v) is 13.5. The lowest BCUT2D eigenvalue weighted by molar-refractivity contribution is -0.112. The van der Waals surface area contributed by atoms with Crippen LogP contribution >= 0.6 is 31.9 Å². The van der Waals surface area contributed by atoms with Crippen molar-refractivity contribution < 1.29 is 19.0 Å². The second-order valence-electron chi connectivity index (χ2n) is 8.37. The van der Waals surface area contributed by atoms with Crippen molar-refractivity contribution in [2.45, 2.75) is 13.2 Å². The van der Waals surface area contributed by atoms with E-state index in [9.17, 15) is 10.1 Å². The smallest absolute Gasteiger partial charge is 0.266 e. The summed E-state index contributed by atoms with van der Waals surface area (Å²) < 4.78 is 18.9. The average Bonchev–Trinajstić information content (AvgIpc) is 2.96. The summed E-state index contributed by atoms with van der Waals surface area (Å²) in [6, 6.07) is 30.1. The molecule has 0 aromatic heterocycles. The fourth-order valence-electron chi connectivity index (χ4n) is 3.59. The topological polar surface area (TPSA) is 80.6 Å². The number of carbonyl (C=O) groups is 1. The molecule has 39 heavy (non-hydrogen) atoms. The maximum absolute atomic E-state index is 12.8. The van der Waals surface area contributed by atoms with Gasteiger partial charge in [-0.25, -0.2) is 0 Å². The number of nitriles is 1. The summed E-state index contributed by atoms with van der Waals surface area (Å²) in [5, 5.41) is 12.4. The van der Waals surface area contributed by atoms with Crippen molar-refractivity contribution in [1.29, 1.82) is 5.26 Å². The predicted molar refractivity (Wildman–Crippen MR) is 159 cm³/mol. The molecule has 4 rings (SSSR count). The minimum Gasteiger partial charge on any atom is -0.493 e. The van der Waals surface area contributed by atoms with Gasteiger partial charge in [-0.3, -0.25) is 4.79 Å². The van der Waals surface area contributed by atoms with Gasteiger partial charge in [-0.05, 0) is 87.2 Å². The van der Waals surface area contributed by atoms with Crippen molar-refractivity contribution in [3.63, 3.8) is 0 Å². The normalized spacial score (nSPS) is 10.9. The van der Waals surface area contributed by atoms with Crippen molar-refractivity contribution in [3.8, 4) is 23.3 Å². The van der Waals surface area contributed by atoms with Crippen LogP contribution < -0.4 is 19.5 Å². The largest absolute Gasteiger partial charge is 0.493 e. The highest BCUT2D eigenvalue weighted by atomic mass is 79.9. The summed E-state index contributed by atoms with van der Waals surface area (Å²) in [6.45, 7) is 0.792. The number of ether oxygens (including phenoxy) is 3. The minimum absolute atomic E-state index is 0.0584. The Morgan fingerprint density at radius 1 is 0.897 bits per heavy atom. The van der Waals surface area contributed by atoms with Gasteiger partial charge in [0.1, 0.15) is 30.6 Å². The highest BCUT2D eigenvalue weighted by molar-refractivity contribution is 9.10. The quantitative estimate of drug-likeness (QED) is 0.140. The van der Waals surface area contributed by atoms with E-state index in [1.165, 1.54) is 13.2 Å². The van der Waals surface area contributed by atoms with E-state index in [4.69, 9.17) is 14.2 Å². The van der Waals surface area contributed by atoms with Gasteiger partial charge in [-0.1, -0.05) is 58.4 Å². The Balaban J connectivity index is 1.42. The maximum Gasteiger partial charge on any atom is 0.266 e. The molecule has 0 bridgehead atoms. The Morgan fingerprint density at radius 3 is 2.23 bits per heavy atom. The van der Waals surface area contributed by atoms with E-state index < -0.39 is 5.91 Å². The van der Waals surface area contributed by atoms with Gasteiger partial charge in [0.25, 0.3) is 5.91 Å². The van der Waals surface area contributed by atoms with Crippen molar-refractivity contribution in [1.82, 2.24) is 0 Å². The van der Waals surface area contributed by atoms with Crippen LogP contribution in [0.25, 0.3) is 6.08 Å². The van der Waals surface area contributed by atoms with Crippen LogP contribution in [-0.4, -0.2) is 13.0 Å². The van der Waals surface area contributed by atoms with Gasteiger partial charge in [0.2, 0.25) is 0 Å². The number of hydrogen-bond donors (Lipinski definition) is 1. The van der Waals surface area contributed by atoms with E-state index in [1.807, 2.05) is 60.7 Å². The molecular weight excluding hydrogens is 624 g/mol. The van der Waals surface area contributed by atoms with E-state index in [0.717, 1.165) is 15.6 Å². The number of amides is 1. The number of anilines is 1.